The number of ether oxygens (including phenoxy) is 3. The average molecular weight is 330 g/mol. The van der Waals surface area contributed by atoms with Gasteiger partial charge in [0, 0.05) is 18.8 Å². The Bertz CT molecular complexity index is 614. The molecule has 2 rings (SSSR count). The first kappa shape index (κ1) is 18.2. The molecular weight excluding hydrogens is 307 g/mol. The van der Waals surface area contributed by atoms with Crippen LogP contribution in [0.1, 0.15) is 31.3 Å². The normalized spacial score (nSPS) is 11.3. The van der Waals surface area contributed by atoms with Crippen molar-refractivity contribution in [1.29, 1.82) is 0 Å². The SMILES string of the molecule is CCOC(OCC)c1ccc(C=CCOc2ccc(F)cc2)cc1. The summed E-state index contributed by atoms with van der Waals surface area (Å²) in [6, 6.07) is 14.0. The molecule has 0 aliphatic rings. The zero-order valence-corrected chi connectivity index (χ0v) is 14.1. The van der Waals surface area contributed by atoms with Gasteiger partial charge in [-0.25, -0.2) is 4.39 Å². The highest BCUT2D eigenvalue weighted by Crippen LogP contribution is 2.20. The highest BCUT2D eigenvalue weighted by atomic mass is 19.1. The van der Waals surface area contributed by atoms with E-state index < -0.39 is 0 Å². The highest BCUT2D eigenvalue weighted by molar-refractivity contribution is 5.49. The van der Waals surface area contributed by atoms with Gasteiger partial charge in [0.15, 0.2) is 6.29 Å². The molecule has 0 spiro atoms. The maximum Gasteiger partial charge on any atom is 0.183 e. The third-order valence-corrected chi connectivity index (χ3v) is 3.31. The highest BCUT2D eigenvalue weighted by Gasteiger charge is 2.10. The summed E-state index contributed by atoms with van der Waals surface area (Å²) in [4.78, 5) is 0. The van der Waals surface area contributed by atoms with E-state index in [9.17, 15) is 4.39 Å². The van der Waals surface area contributed by atoms with E-state index in [1.165, 1.54) is 12.1 Å². The van der Waals surface area contributed by atoms with Gasteiger partial charge < -0.3 is 14.2 Å². The summed E-state index contributed by atoms with van der Waals surface area (Å²) in [5.74, 6) is 0.378. The molecule has 0 unspecified atom stereocenters. The van der Waals surface area contributed by atoms with Crippen LogP contribution in [-0.2, 0) is 9.47 Å². The minimum absolute atomic E-state index is 0.268. The first-order valence-electron chi connectivity index (χ1n) is 8.11. The van der Waals surface area contributed by atoms with Gasteiger partial charge in [-0.15, -0.1) is 0 Å². The number of rotatable bonds is 9. The molecule has 0 fully saturated rings. The van der Waals surface area contributed by atoms with Crippen LogP contribution in [0.4, 0.5) is 4.39 Å². The molecule has 2 aromatic rings. The maximum atomic E-state index is 12.8. The lowest BCUT2D eigenvalue weighted by Crippen LogP contribution is -2.08. The van der Waals surface area contributed by atoms with Crippen molar-refractivity contribution in [2.45, 2.75) is 20.1 Å². The Morgan fingerprint density at radius 2 is 1.54 bits per heavy atom. The molecule has 0 N–H and O–H groups in total. The van der Waals surface area contributed by atoms with Crippen LogP contribution in [0.25, 0.3) is 6.08 Å². The molecular formula is C20H23FO3. The topological polar surface area (TPSA) is 27.7 Å². The molecule has 0 radical (unpaired) electrons. The molecule has 0 bridgehead atoms. The Morgan fingerprint density at radius 3 is 2.12 bits per heavy atom. The molecule has 4 heteroatoms. The van der Waals surface area contributed by atoms with E-state index in [0.717, 1.165) is 11.1 Å². The summed E-state index contributed by atoms with van der Waals surface area (Å²) in [6.07, 6.45) is 3.57. The van der Waals surface area contributed by atoms with Crippen LogP contribution >= 0.6 is 0 Å². The molecule has 0 heterocycles. The van der Waals surface area contributed by atoms with Gasteiger partial charge >= 0.3 is 0 Å². The fraction of sp³-hybridized carbons (Fsp3) is 0.300. The van der Waals surface area contributed by atoms with E-state index in [-0.39, 0.29) is 12.1 Å². The van der Waals surface area contributed by atoms with Gasteiger partial charge in [0.25, 0.3) is 0 Å². The fourth-order valence-corrected chi connectivity index (χ4v) is 2.17. The third-order valence-electron chi connectivity index (χ3n) is 3.31. The summed E-state index contributed by atoms with van der Waals surface area (Å²) < 4.78 is 29.5. The summed E-state index contributed by atoms with van der Waals surface area (Å²) in [7, 11) is 0. The van der Waals surface area contributed by atoms with E-state index >= 15 is 0 Å². The average Bonchev–Trinajstić information content (AvgIpc) is 2.61. The Balaban J connectivity index is 1.87. The van der Waals surface area contributed by atoms with Crippen molar-refractivity contribution in [3.05, 3.63) is 71.6 Å². The smallest absolute Gasteiger partial charge is 0.183 e. The largest absolute Gasteiger partial charge is 0.490 e. The van der Waals surface area contributed by atoms with Crippen molar-refractivity contribution in [2.24, 2.45) is 0 Å². The van der Waals surface area contributed by atoms with Gasteiger partial charge in [-0.3, -0.25) is 0 Å². The second kappa shape index (κ2) is 9.85. The molecule has 0 saturated heterocycles. The van der Waals surface area contributed by atoms with E-state index in [1.807, 2.05) is 50.3 Å². The van der Waals surface area contributed by atoms with Crippen LogP contribution in [0, 0.1) is 5.82 Å². The number of hydrogen-bond acceptors (Lipinski definition) is 3. The Kier molecular flexibility index (Phi) is 7.46. The van der Waals surface area contributed by atoms with Crippen molar-refractivity contribution >= 4 is 6.08 Å². The minimum Gasteiger partial charge on any atom is -0.490 e. The molecule has 0 amide bonds. The van der Waals surface area contributed by atoms with E-state index in [1.54, 1.807) is 12.1 Å². The summed E-state index contributed by atoms with van der Waals surface area (Å²) in [5, 5.41) is 0. The molecule has 128 valence electrons. The molecule has 2 aromatic carbocycles. The van der Waals surface area contributed by atoms with Gasteiger partial charge in [0.05, 0.1) is 0 Å². The molecule has 0 atom stereocenters. The molecule has 24 heavy (non-hydrogen) atoms. The van der Waals surface area contributed by atoms with Gasteiger partial charge in [-0.1, -0.05) is 30.3 Å². The first-order valence-corrected chi connectivity index (χ1v) is 8.11. The molecule has 0 aliphatic heterocycles. The van der Waals surface area contributed by atoms with Gasteiger partial charge in [-0.2, -0.15) is 0 Å². The summed E-state index contributed by atoms with van der Waals surface area (Å²) >= 11 is 0. The fourth-order valence-electron chi connectivity index (χ4n) is 2.17. The second-order valence-corrected chi connectivity index (χ2v) is 5.08. The lowest BCUT2D eigenvalue weighted by atomic mass is 10.1. The van der Waals surface area contributed by atoms with Crippen LogP contribution < -0.4 is 4.74 Å². The summed E-state index contributed by atoms with van der Waals surface area (Å²) in [6.45, 7) is 5.53. The van der Waals surface area contributed by atoms with Crippen molar-refractivity contribution in [3.8, 4) is 5.75 Å². The Hall–Kier alpha value is -2.17. The first-order chi connectivity index (χ1) is 11.7. The lowest BCUT2D eigenvalue weighted by molar-refractivity contribution is -0.140. The van der Waals surface area contributed by atoms with Crippen LogP contribution in [0.5, 0.6) is 5.75 Å². The third kappa shape index (κ3) is 5.80. The zero-order chi connectivity index (χ0) is 17.2. The monoisotopic (exact) mass is 330 g/mol. The van der Waals surface area contributed by atoms with Crippen molar-refractivity contribution in [2.75, 3.05) is 19.8 Å². The van der Waals surface area contributed by atoms with Crippen molar-refractivity contribution in [3.63, 3.8) is 0 Å². The maximum absolute atomic E-state index is 12.8. The molecule has 0 aliphatic carbocycles. The standard InChI is InChI=1S/C20H23FO3/c1-3-22-20(23-4-2)17-9-7-16(8-10-17)6-5-15-24-19-13-11-18(21)12-14-19/h5-14,20H,3-4,15H2,1-2H3. The predicted octanol–water partition coefficient (Wildman–Crippen LogP) is 4.99. The minimum atomic E-state index is -0.320. The van der Waals surface area contributed by atoms with E-state index in [4.69, 9.17) is 14.2 Å². The predicted molar refractivity (Wildman–Crippen MR) is 93.4 cm³/mol. The van der Waals surface area contributed by atoms with E-state index in [2.05, 4.69) is 0 Å². The molecule has 0 aromatic heterocycles. The van der Waals surface area contributed by atoms with Gasteiger partial charge in [0.1, 0.15) is 18.2 Å². The molecule has 0 saturated carbocycles. The number of hydrogen-bond donors (Lipinski definition) is 0. The van der Waals surface area contributed by atoms with Crippen LogP contribution in [0.3, 0.4) is 0 Å². The molecule has 3 nitrogen and oxygen atoms in total. The lowest BCUT2D eigenvalue weighted by Gasteiger charge is -2.17. The quantitative estimate of drug-likeness (QED) is 0.606. The van der Waals surface area contributed by atoms with Gasteiger partial charge in [0.2, 0.25) is 0 Å². The second-order valence-electron chi connectivity index (χ2n) is 5.08. The Morgan fingerprint density at radius 1 is 0.917 bits per heavy atom. The van der Waals surface area contributed by atoms with Crippen LogP contribution in [0.15, 0.2) is 54.6 Å². The summed E-state index contributed by atoms with van der Waals surface area (Å²) in [5.41, 5.74) is 2.06. The Labute approximate surface area is 142 Å². The zero-order valence-electron chi connectivity index (χ0n) is 14.1. The van der Waals surface area contributed by atoms with Crippen LogP contribution in [-0.4, -0.2) is 19.8 Å². The van der Waals surface area contributed by atoms with Gasteiger partial charge in [-0.05, 0) is 49.8 Å². The van der Waals surface area contributed by atoms with E-state index in [0.29, 0.717) is 25.6 Å². The van der Waals surface area contributed by atoms with Crippen LogP contribution in [0.2, 0.25) is 0 Å². The van der Waals surface area contributed by atoms with Crippen molar-refractivity contribution in [1.82, 2.24) is 0 Å². The number of benzene rings is 2. The van der Waals surface area contributed by atoms with Crippen molar-refractivity contribution < 1.29 is 18.6 Å². The number of halogens is 1.